The monoisotopic (exact) mass is 318 g/mol. The molecule has 8 heteroatoms. The Morgan fingerprint density at radius 2 is 1.91 bits per heavy atom. The van der Waals surface area contributed by atoms with Gasteiger partial charge in [0.05, 0.1) is 5.69 Å². The molecule has 1 fully saturated rings. The Hall–Kier alpha value is -2.77. The van der Waals surface area contributed by atoms with E-state index in [9.17, 15) is 18.4 Å². The van der Waals surface area contributed by atoms with Gasteiger partial charge in [0.2, 0.25) is 5.65 Å². The van der Waals surface area contributed by atoms with Crippen LogP contribution in [0.25, 0.3) is 11.3 Å². The molecule has 1 aliphatic rings. The summed E-state index contributed by atoms with van der Waals surface area (Å²) in [6.07, 6.45) is 4.85. The lowest BCUT2D eigenvalue weighted by Crippen LogP contribution is -2.24. The number of nitrogens with zero attached hydrogens (tertiary/aromatic N) is 4. The van der Waals surface area contributed by atoms with E-state index in [1.165, 1.54) is 27.5 Å². The molecule has 1 saturated carbocycles. The summed E-state index contributed by atoms with van der Waals surface area (Å²) in [6, 6.07) is 3.15. The molecule has 2 aromatic heterocycles. The van der Waals surface area contributed by atoms with E-state index in [0.717, 1.165) is 29.5 Å². The maximum atomic E-state index is 13.4. The van der Waals surface area contributed by atoms with Gasteiger partial charge in [0, 0.05) is 25.0 Å². The van der Waals surface area contributed by atoms with Crippen LogP contribution >= 0.6 is 0 Å². The Morgan fingerprint density at radius 3 is 2.61 bits per heavy atom. The van der Waals surface area contributed by atoms with Crippen LogP contribution in [0.5, 0.6) is 0 Å². The van der Waals surface area contributed by atoms with Crippen LogP contribution in [0.3, 0.4) is 0 Å². The number of hydrogen-bond acceptors (Lipinski definition) is 3. The van der Waals surface area contributed by atoms with Crippen LogP contribution in [-0.2, 0) is 6.54 Å². The van der Waals surface area contributed by atoms with Crippen molar-refractivity contribution in [1.82, 2.24) is 18.7 Å². The lowest BCUT2D eigenvalue weighted by atomic mass is 10.3. The highest BCUT2D eigenvalue weighted by molar-refractivity contribution is 5.40. The highest BCUT2D eigenvalue weighted by atomic mass is 19.2. The molecule has 0 atom stereocenters. The number of benzene rings is 1. The quantitative estimate of drug-likeness (QED) is 0.732. The molecule has 0 bridgehead atoms. The van der Waals surface area contributed by atoms with Gasteiger partial charge in [0.25, 0.3) is 0 Å². The molecule has 0 unspecified atom stereocenters. The summed E-state index contributed by atoms with van der Waals surface area (Å²) >= 11 is 0. The zero-order valence-electron chi connectivity index (χ0n) is 11.9. The molecule has 23 heavy (non-hydrogen) atoms. The summed E-state index contributed by atoms with van der Waals surface area (Å²) in [4.78, 5) is 24.7. The molecule has 0 amide bonds. The summed E-state index contributed by atoms with van der Waals surface area (Å²) in [7, 11) is 0. The largest absolute Gasteiger partial charge is 0.350 e. The minimum atomic E-state index is -1.05. The SMILES string of the molecule is O=c1c2nn(CC3CC3)c(=O)n2ccn1-c1ccc(F)c(F)c1. The molecule has 0 spiro atoms. The Morgan fingerprint density at radius 1 is 1.13 bits per heavy atom. The Bertz CT molecular complexity index is 1030. The third kappa shape index (κ3) is 2.26. The van der Waals surface area contributed by atoms with Gasteiger partial charge in [-0.05, 0) is 30.9 Å². The molecule has 1 aromatic carbocycles. The number of rotatable bonds is 3. The summed E-state index contributed by atoms with van der Waals surface area (Å²) in [6.45, 7) is 0.491. The van der Waals surface area contributed by atoms with Gasteiger partial charge in [0.1, 0.15) is 0 Å². The van der Waals surface area contributed by atoms with Crippen LogP contribution in [0.15, 0.2) is 40.2 Å². The predicted molar refractivity (Wildman–Crippen MR) is 77.7 cm³/mol. The molecule has 3 aromatic rings. The number of halogens is 2. The zero-order chi connectivity index (χ0) is 16.1. The third-order valence-electron chi connectivity index (χ3n) is 3.95. The Labute approximate surface area is 128 Å². The minimum Gasteiger partial charge on any atom is -0.279 e. The van der Waals surface area contributed by atoms with E-state index in [0.29, 0.717) is 12.5 Å². The molecule has 6 nitrogen and oxygen atoms in total. The number of aromatic nitrogens is 4. The smallest absolute Gasteiger partial charge is 0.279 e. The second-order valence-corrected chi connectivity index (χ2v) is 5.67. The topological polar surface area (TPSA) is 61.3 Å². The van der Waals surface area contributed by atoms with Gasteiger partial charge >= 0.3 is 11.2 Å². The van der Waals surface area contributed by atoms with Gasteiger partial charge in [-0.25, -0.2) is 22.7 Å². The second-order valence-electron chi connectivity index (χ2n) is 5.67. The standard InChI is InChI=1S/C15H12F2N4O2/c16-11-4-3-10(7-12(11)17)19-5-6-20-13(14(19)22)18-21(15(20)23)8-9-1-2-9/h3-7,9H,1-2,8H2. The fraction of sp³-hybridized carbons (Fsp3) is 0.267. The van der Waals surface area contributed by atoms with Crippen molar-refractivity contribution >= 4 is 5.65 Å². The second kappa shape index (κ2) is 4.87. The van der Waals surface area contributed by atoms with Gasteiger partial charge in [-0.3, -0.25) is 9.36 Å². The van der Waals surface area contributed by atoms with Crippen molar-refractivity contribution < 1.29 is 8.78 Å². The van der Waals surface area contributed by atoms with Crippen LogP contribution in [0.2, 0.25) is 0 Å². The maximum absolute atomic E-state index is 13.4. The van der Waals surface area contributed by atoms with Crippen molar-refractivity contribution in [1.29, 1.82) is 0 Å². The van der Waals surface area contributed by atoms with E-state index in [4.69, 9.17) is 0 Å². The highest BCUT2D eigenvalue weighted by Gasteiger charge is 2.24. The van der Waals surface area contributed by atoms with Gasteiger partial charge < -0.3 is 0 Å². The van der Waals surface area contributed by atoms with Gasteiger partial charge in [-0.15, -0.1) is 5.10 Å². The van der Waals surface area contributed by atoms with Crippen LogP contribution < -0.4 is 11.2 Å². The predicted octanol–water partition coefficient (Wildman–Crippen LogP) is 1.34. The third-order valence-corrected chi connectivity index (χ3v) is 3.95. The van der Waals surface area contributed by atoms with Crippen molar-refractivity contribution in [3.63, 3.8) is 0 Å². The molecule has 4 rings (SSSR count). The van der Waals surface area contributed by atoms with E-state index in [-0.39, 0.29) is 17.0 Å². The highest BCUT2D eigenvalue weighted by Crippen LogP contribution is 2.29. The van der Waals surface area contributed by atoms with Crippen molar-refractivity contribution in [2.24, 2.45) is 5.92 Å². The number of fused-ring (bicyclic) bond motifs is 1. The molecule has 0 aliphatic heterocycles. The first kappa shape index (κ1) is 13.9. The average molecular weight is 318 g/mol. The Balaban J connectivity index is 1.88. The van der Waals surface area contributed by atoms with Crippen molar-refractivity contribution in [2.45, 2.75) is 19.4 Å². The zero-order valence-corrected chi connectivity index (χ0v) is 11.9. The molecule has 2 heterocycles. The summed E-state index contributed by atoms with van der Waals surface area (Å²) in [5.41, 5.74) is -0.810. The molecular weight excluding hydrogens is 306 g/mol. The first-order chi connectivity index (χ1) is 11.0. The van der Waals surface area contributed by atoms with Crippen LogP contribution in [-0.4, -0.2) is 18.7 Å². The van der Waals surface area contributed by atoms with Crippen LogP contribution in [0.1, 0.15) is 12.8 Å². The van der Waals surface area contributed by atoms with Gasteiger partial charge in [-0.2, -0.15) is 0 Å². The molecular formula is C15H12F2N4O2. The molecule has 0 N–H and O–H groups in total. The summed E-state index contributed by atoms with van der Waals surface area (Å²) < 4.78 is 30.0. The van der Waals surface area contributed by atoms with Crippen LogP contribution in [0, 0.1) is 17.6 Å². The van der Waals surface area contributed by atoms with E-state index < -0.39 is 17.2 Å². The maximum Gasteiger partial charge on any atom is 0.350 e. The van der Waals surface area contributed by atoms with Gasteiger partial charge in [-0.1, -0.05) is 0 Å². The fourth-order valence-electron chi connectivity index (χ4n) is 2.51. The van der Waals surface area contributed by atoms with Crippen LogP contribution in [0.4, 0.5) is 8.78 Å². The summed E-state index contributed by atoms with van der Waals surface area (Å²) in [5.74, 6) is -1.61. The minimum absolute atomic E-state index is 0.0390. The van der Waals surface area contributed by atoms with Crippen molar-refractivity contribution in [3.8, 4) is 5.69 Å². The Kier molecular flexibility index (Phi) is 2.93. The first-order valence-electron chi connectivity index (χ1n) is 7.21. The van der Waals surface area contributed by atoms with E-state index in [2.05, 4.69) is 5.10 Å². The summed E-state index contributed by atoms with van der Waals surface area (Å²) in [5, 5.41) is 4.08. The lowest BCUT2D eigenvalue weighted by Gasteiger charge is -2.05. The first-order valence-corrected chi connectivity index (χ1v) is 7.21. The fourth-order valence-corrected chi connectivity index (χ4v) is 2.51. The van der Waals surface area contributed by atoms with E-state index in [1.54, 1.807) is 0 Å². The van der Waals surface area contributed by atoms with Crippen molar-refractivity contribution in [3.05, 3.63) is 63.1 Å². The number of hydrogen-bond donors (Lipinski definition) is 0. The lowest BCUT2D eigenvalue weighted by molar-refractivity contribution is 0.508. The van der Waals surface area contributed by atoms with Gasteiger partial charge in [0.15, 0.2) is 11.6 Å². The molecule has 0 saturated heterocycles. The molecule has 118 valence electrons. The van der Waals surface area contributed by atoms with Crippen molar-refractivity contribution in [2.75, 3.05) is 0 Å². The van der Waals surface area contributed by atoms with E-state index in [1.807, 2.05) is 0 Å². The molecule has 1 aliphatic carbocycles. The average Bonchev–Trinajstić information content (AvgIpc) is 3.29. The normalized spacial score (nSPS) is 14.5. The molecule has 0 radical (unpaired) electrons. The van der Waals surface area contributed by atoms with E-state index >= 15 is 0 Å².